The fourth-order valence-corrected chi connectivity index (χ4v) is 3.08. The van der Waals surface area contributed by atoms with E-state index in [1.165, 1.54) is 0 Å². The van der Waals surface area contributed by atoms with Crippen LogP contribution in [-0.4, -0.2) is 44.6 Å². The molecule has 2 rings (SSSR count). The summed E-state index contributed by atoms with van der Waals surface area (Å²) < 4.78 is 10.6. The summed E-state index contributed by atoms with van der Waals surface area (Å²) in [5, 5.41) is 9.84. The SMILES string of the molecule is COc1ccc(OC)c(N=C(C)/C(=N\N)C(=O)Nc2cc(NCCN)cc(C(C)(C)C)c2)c1. The van der Waals surface area contributed by atoms with Crippen LogP contribution in [0.1, 0.15) is 33.3 Å². The molecule has 33 heavy (non-hydrogen) atoms. The Morgan fingerprint density at radius 3 is 2.33 bits per heavy atom. The van der Waals surface area contributed by atoms with Gasteiger partial charge in [-0.15, -0.1) is 0 Å². The van der Waals surface area contributed by atoms with Crippen molar-refractivity contribution in [3.05, 3.63) is 42.0 Å². The zero-order valence-electron chi connectivity index (χ0n) is 20.2. The van der Waals surface area contributed by atoms with Crippen molar-refractivity contribution in [2.75, 3.05) is 37.9 Å². The molecule has 1 amide bonds. The molecule has 9 heteroatoms. The highest BCUT2D eigenvalue weighted by atomic mass is 16.5. The lowest BCUT2D eigenvalue weighted by molar-refractivity contribution is -0.110. The molecule has 2 aromatic carbocycles. The van der Waals surface area contributed by atoms with Gasteiger partial charge in [0.05, 0.1) is 19.9 Å². The number of amides is 1. The van der Waals surface area contributed by atoms with E-state index in [0.29, 0.717) is 41.7 Å². The summed E-state index contributed by atoms with van der Waals surface area (Å²) >= 11 is 0. The van der Waals surface area contributed by atoms with Gasteiger partial charge in [0, 0.05) is 30.5 Å². The summed E-state index contributed by atoms with van der Waals surface area (Å²) in [4.78, 5) is 17.5. The van der Waals surface area contributed by atoms with E-state index in [1.807, 2.05) is 18.2 Å². The first-order valence-electron chi connectivity index (χ1n) is 10.6. The van der Waals surface area contributed by atoms with Crippen molar-refractivity contribution in [3.63, 3.8) is 0 Å². The number of methoxy groups -OCH3 is 2. The molecule has 9 nitrogen and oxygen atoms in total. The van der Waals surface area contributed by atoms with Gasteiger partial charge in [0.15, 0.2) is 5.71 Å². The predicted molar refractivity (Wildman–Crippen MR) is 135 cm³/mol. The second-order valence-electron chi connectivity index (χ2n) is 8.43. The second kappa shape index (κ2) is 11.3. The number of rotatable bonds is 9. The van der Waals surface area contributed by atoms with Crippen molar-refractivity contribution in [2.24, 2.45) is 21.7 Å². The first-order chi connectivity index (χ1) is 15.6. The van der Waals surface area contributed by atoms with Crippen LogP contribution in [0.4, 0.5) is 17.1 Å². The van der Waals surface area contributed by atoms with Crippen molar-refractivity contribution in [1.29, 1.82) is 0 Å². The van der Waals surface area contributed by atoms with Gasteiger partial charge in [-0.2, -0.15) is 5.10 Å². The van der Waals surface area contributed by atoms with Crippen molar-refractivity contribution >= 4 is 34.4 Å². The lowest BCUT2D eigenvalue weighted by atomic mass is 9.86. The molecule has 0 spiro atoms. The van der Waals surface area contributed by atoms with Gasteiger partial charge in [-0.05, 0) is 48.2 Å². The van der Waals surface area contributed by atoms with E-state index in [-0.39, 0.29) is 11.1 Å². The molecule has 0 saturated carbocycles. The molecule has 178 valence electrons. The van der Waals surface area contributed by atoms with E-state index >= 15 is 0 Å². The number of aliphatic imine (C=N–C) groups is 1. The quantitative estimate of drug-likeness (QED) is 0.260. The number of nitrogens with zero attached hydrogens (tertiary/aromatic N) is 2. The number of hydrazone groups is 1. The van der Waals surface area contributed by atoms with Gasteiger partial charge in [-0.1, -0.05) is 20.8 Å². The Kier molecular flexibility index (Phi) is 8.81. The number of hydrogen-bond acceptors (Lipinski definition) is 8. The Morgan fingerprint density at radius 1 is 1.06 bits per heavy atom. The summed E-state index contributed by atoms with van der Waals surface area (Å²) in [5.74, 6) is 6.23. The van der Waals surface area contributed by atoms with Gasteiger partial charge in [0.2, 0.25) is 0 Å². The number of carbonyl (C=O) groups excluding carboxylic acids is 1. The number of nitrogens with one attached hydrogen (secondary N) is 2. The number of ether oxygens (including phenoxy) is 2. The molecular weight excluding hydrogens is 420 g/mol. The van der Waals surface area contributed by atoms with Crippen LogP contribution in [0.5, 0.6) is 11.5 Å². The summed E-state index contributed by atoms with van der Waals surface area (Å²) in [6.45, 7) is 9.08. The van der Waals surface area contributed by atoms with Crippen LogP contribution >= 0.6 is 0 Å². The Bertz CT molecular complexity index is 1040. The third-order valence-corrected chi connectivity index (χ3v) is 4.89. The minimum Gasteiger partial charge on any atom is -0.497 e. The first-order valence-corrected chi connectivity index (χ1v) is 10.6. The van der Waals surface area contributed by atoms with Crippen molar-refractivity contribution in [2.45, 2.75) is 33.1 Å². The fraction of sp³-hybridized carbons (Fsp3) is 0.375. The molecule has 0 fully saturated rings. The molecule has 0 heterocycles. The van der Waals surface area contributed by atoms with Crippen LogP contribution in [-0.2, 0) is 10.2 Å². The molecule has 0 unspecified atom stereocenters. The molecular formula is C24H34N6O3. The highest BCUT2D eigenvalue weighted by molar-refractivity contribution is 6.68. The minimum atomic E-state index is -0.476. The Labute approximate surface area is 195 Å². The third kappa shape index (κ3) is 6.95. The molecule has 0 aliphatic rings. The lowest BCUT2D eigenvalue weighted by Gasteiger charge is -2.22. The van der Waals surface area contributed by atoms with Crippen LogP contribution < -0.4 is 31.7 Å². The molecule has 0 aliphatic carbocycles. The van der Waals surface area contributed by atoms with Gasteiger partial charge >= 0.3 is 0 Å². The maximum absolute atomic E-state index is 13.0. The van der Waals surface area contributed by atoms with Gasteiger partial charge < -0.3 is 31.7 Å². The summed E-state index contributed by atoms with van der Waals surface area (Å²) in [5.41, 5.74) is 8.84. The van der Waals surface area contributed by atoms with Gasteiger partial charge in [-0.25, -0.2) is 4.99 Å². The zero-order chi connectivity index (χ0) is 24.6. The summed E-state index contributed by atoms with van der Waals surface area (Å²) in [6, 6.07) is 11.0. The van der Waals surface area contributed by atoms with Gasteiger partial charge in [0.1, 0.15) is 17.2 Å². The Balaban J connectivity index is 2.36. The minimum absolute atomic E-state index is 0.00231. The maximum Gasteiger partial charge on any atom is 0.277 e. The smallest absolute Gasteiger partial charge is 0.277 e. The number of nitrogens with two attached hydrogens (primary N) is 2. The molecule has 0 radical (unpaired) electrons. The van der Waals surface area contributed by atoms with Crippen LogP contribution in [0.25, 0.3) is 0 Å². The lowest BCUT2D eigenvalue weighted by Crippen LogP contribution is -2.30. The second-order valence-corrected chi connectivity index (χ2v) is 8.43. The highest BCUT2D eigenvalue weighted by Gasteiger charge is 2.19. The van der Waals surface area contributed by atoms with E-state index in [4.69, 9.17) is 21.1 Å². The Hall–Kier alpha value is -3.59. The summed E-state index contributed by atoms with van der Waals surface area (Å²) in [6.07, 6.45) is 0. The molecule has 0 atom stereocenters. The predicted octanol–water partition coefficient (Wildman–Crippen LogP) is 3.42. The first kappa shape index (κ1) is 25.7. The molecule has 2 aromatic rings. The van der Waals surface area contributed by atoms with E-state index in [2.05, 4.69) is 41.5 Å². The molecule has 0 aromatic heterocycles. The Morgan fingerprint density at radius 2 is 1.76 bits per heavy atom. The van der Waals surface area contributed by atoms with Gasteiger partial charge in [-0.3, -0.25) is 4.79 Å². The topological polar surface area (TPSA) is 136 Å². The maximum atomic E-state index is 13.0. The number of carbonyl (C=O) groups is 1. The van der Waals surface area contributed by atoms with Crippen LogP contribution in [0.15, 0.2) is 46.5 Å². The van der Waals surface area contributed by atoms with Crippen LogP contribution in [0.2, 0.25) is 0 Å². The molecule has 0 aliphatic heterocycles. The number of hydrogen-bond donors (Lipinski definition) is 4. The average molecular weight is 455 g/mol. The monoisotopic (exact) mass is 454 g/mol. The zero-order valence-corrected chi connectivity index (χ0v) is 20.2. The summed E-state index contributed by atoms with van der Waals surface area (Å²) in [7, 11) is 3.10. The normalized spacial score (nSPS) is 12.3. The van der Waals surface area contributed by atoms with E-state index in [9.17, 15) is 4.79 Å². The molecule has 0 bridgehead atoms. The van der Waals surface area contributed by atoms with Crippen LogP contribution in [0, 0.1) is 0 Å². The van der Waals surface area contributed by atoms with Gasteiger partial charge in [0.25, 0.3) is 5.91 Å². The average Bonchev–Trinajstić information content (AvgIpc) is 2.77. The van der Waals surface area contributed by atoms with Crippen molar-refractivity contribution in [3.8, 4) is 11.5 Å². The van der Waals surface area contributed by atoms with E-state index < -0.39 is 5.91 Å². The van der Waals surface area contributed by atoms with Crippen molar-refractivity contribution in [1.82, 2.24) is 0 Å². The number of anilines is 2. The molecule has 0 saturated heterocycles. The van der Waals surface area contributed by atoms with Crippen LogP contribution in [0.3, 0.4) is 0 Å². The third-order valence-electron chi connectivity index (χ3n) is 4.89. The highest BCUT2D eigenvalue weighted by Crippen LogP contribution is 2.32. The van der Waals surface area contributed by atoms with E-state index in [1.54, 1.807) is 39.3 Å². The molecule has 6 N–H and O–H groups in total. The van der Waals surface area contributed by atoms with E-state index in [0.717, 1.165) is 11.3 Å². The largest absolute Gasteiger partial charge is 0.497 e. The number of benzene rings is 2. The fourth-order valence-electron chi connectivity index (χ4n) is 3.08. The standard InChI is InChI=1S/C24H34N6O3/c1-15(28-20-14-19(32-5)7-8-21(20)33-6)22(30-26)23(31)29-18-12-16(24(2,3)4)11-17(13-18)27-10-9-25/h7-8,11-14,27H,9-10,25-26H2,1-6H3,(H,29,31)/b28-15?,30-22+. The van der Waals surface area contributed by atoms with Crippen molar-refractivity contribution < 1.29 is 14.3 Å².